The Morgan fingerprint density at radius 2 is 2.00 bits per heavy atom. The molecule has 2 heterocycles. The van der Waals surface area contributed by atoms with Crippen molar-refractivity contribution in [1.82, 2.24) is 20.4 Å². The summed E-state index contributed by atoms with van der Waals surface area (Å²) in [5, 5.41) is 7.70. The first-order chi connectivity index (χ1) is 14.1. The molecule has 0 aliphatic heterocycles. The Labute approximate surface area is 173 Å². The number of aromatic nitrogens is 3. The number of halogens is 1. The zero-order valence-corrected chi connectivity index (χ0v) is 16.7. The molecule has 150 valence electrons. The zero-order valence-electron chi connectivity index (χ0n) is 16.0. The average molecular weight is 413 g/mol. The van der Waals surface area contributed by atoms with E-state index in [9.17, 15) is 4.79 Å². The Hall–Kier alpha value is -2.93. The van der Waals surface area contributed by atoms with Crippen LogP contribution >= 0.6 is 11.6 Å². The molecule has 1 aliphatic carbocycles. The summed E-state index contributed by atoms with van der Waals surface area (Å²) < 4.78 is 11.2. The van der Waals surface area contributed by atoms with Crippen molar-refractivity contribution < 1.29 is 14.1 Å². The fourth-order valence-electron chi connectivity index (χ4n) is 3.58. The van der Waals surface area contributed by atoms with Crippen LogP contribution in [0.3, 0.4) is 0 Å². The molecule has 7 nitrogen and oxygen atoms in total. The molecule has 3 aromatic rings. The van der Waals surface area contributed by atoms with Gasteiger partial charge in [0.25, 0.3) is 5.91 Å². The van der Waals surface area contributed by atoms with Gasteiger partial charge >= 0.3 is 0 Å². The van der Waals surface area contributed by atoms with E-state index in [-0.39, 0.29) is 18.1 Å². The summed E-state index contributed by atoms with van der Waals surface area (Å²) in [6, 6.07) is 7.34. The van der Waals surface area contributed by atoms with Crippen LogP contribution in [0.2, 0.25) is 5.02 Å². The monoisotopic (exact) mass is 412 g/mol. The molecular formula is C21H21ClN4O3. The maximum Gasteiger partial charge on any atom is 0.257 e. The van der Waals surface area contributed by atoms with Crippen molar-refractivity contribution in [2.24, 2.45) is 0 Å². The van der Waals surface area contributed by atoms with Gasteiger partial charge in [-0.15, -0.1) is 0 Å². The van der Waals surface area contributed by atoms with Gasteiger partial charge in [-0.05, 0) is 38.7 Å². The molecule has 0 unspecified atom stereocenters. The van der Waals surface area contributed by atoms with Gasteiger partial charge in [0.2, 0.25) is 5.88 Å². The van der Waals surface area contributed by atoms with E-state index in [1.165, 1.54) is 0 Å². The Bertz CT molecular complexity index is 985. The number of hydrogen-bond donors (Lipinski definition) is 1. The second-order valence-electron chi connectivity index (χ2n) is 7.05. The number of benzene rings is 1. The lowest BCUT2D eigenvalue weighted by Crippen LogP contribution is -2.40. The molecule has 0 saturated heterocycles. The molecule has 8 heteroatoms. The normalized spacial score (nSPS) is 19.0. The summed E-state index contributed by atoms with van der Waals surface area (Å²) in [6.07, 6.45) is 8.23. The van der Waals surface area contributed by atoms with Crippen molar-refractivity contribution in [2.45, 2.75) is 44.8 Å². The van der Waals surface area contributed by atoms with Gasteiger partial charge in [-0.25, -0.2) is 4.98 Å². The number of carbonyl (C=O) groups excluding carboxylic acids is 1. The Balaban J connectivity index is 1.40. The molecule has 1 aliphatic rings. The number of nitrogens with zero attached hydrogens (tertiary/aromatic N) is 3. The van der Waals surface area contributed by atoms with E-state index < -0.39 is 0 Å². The van der Waals surface area contributed by atoms with Gasteiger partial charge < -0.3 is 14.6 Å². The van der Waals surface area contributed by atoms with Crippen molar-refractivity contribution in [3.8, 4) is 17.1 Å². The quantitative estimate of drug-likeness (QED) is 0.675. The van der Waals surface area contributed by atoms with E-state index in [1.54, 1.807) is 31.6 Å². The molecule has 1 N–H and O–H groups in total. The van der Waals surface area contributed by atoms with Crippen LogP contribution in [0, 0.1) is 6.92 Å². The molecule has 1 amide bonds. The van der Waals surface area contributed by atoms with Gasteiger partial charge in [0.1, 0.15) is 23.1 Å². The summed E-state index contributed by atoms with van der Waals surface area (Å²) in [7, 11) is 0. The lowest BCUT2D eigenvalue weighted by Gasteiger charge is -2.29. The molecule has 0 bridgehead atoms. The van der Waals surface area contributed by atoms with Crippen LogP contribution in [0.4, 0.5) is 0 Å². The second-order valence-corrected chi connectivity index (χ2v) is 7.46. The molecule has 29 heavy (non-hydrogen) atoms. The lowest BCUT2D eigenvalue weighted by molar-refractivity contribution is 0.0889. The van der Waals surface area contributed by atoms with Crippen LogP contribution in [-0.4, -0.2) is 33.2 Å². The molecule has 1 saturated carbocycles. The molecule has 0 atom stereocenters. The molecule has 1 fully saturated rings. The third-order valence-corrected chi connectivity index (χ3v) is 5.38. The van der Waals surface area contributed by atoms with E-state index in [2.05, 4.69) is 20.4 Å². The van der Waals surface area contributed by atoms with Crippen LogP contribution in [0.1, 0.15) is 41.8 Å². The Kier molecular flexibility index (Phi) is 5.76. The van der Waals surface area contributed by atoms with Crippen LogP contribution in [0.25, 0.3) is 11.3 Å². The Morgan fingerprint density at radius 3 is 2.72 bits per heavy atom. The number of nitrogens with one attached hydrogen (secondary N) is 1. The first-order valence-electron chi connectivity index (χ1n) is 9.56. The van der Waals surface area contributed by atoms with E-state index in [1.807, 2.05) is 18.2 Å². The second kappa shape index (κ2) is 8.61. The predicted molar refractivity (Wildman–Crippen MR) is 108 cm³/mol. The molecule has 0 radical (unpaired) electrons. The van der Waals surface area contributed by atoms with Crippen LogP contribution in [0.15, 0.2) is 47.4 Å². The smallest absolute Gasteiger partial charge is 0.257 e. The number of aryl methyl sites for hydroxylation is 1. The SMILES string of the molecule is Cc1onc(-c2ccccc2Cl)c1C(=O)NC1CCC(Oc2cnccn2)CC1. The fraction of sp³-hybridized carbons (Fsp3) is 0.333. The van der Waals surface area contributed by atoms with Crippen molar-refractivity contribution >= 4 is 17.5 Å². The van der Waals surface area contributed by atoms with Crippen LogP contribution < -0.4 is 10.1 Å². The highest BCUT2D eigenvalue weighted by Gasteiger charge is 2.28. The minimum Gasteiger partial charge on any atom is -0.473 e. The first kappa shape index (κ1) is 19.4. The van der Waals surface area contributed by atoms with E-state index in [4.69, 9.17) is 20.9 Å². The van der Waals surface area contributed by atoms with Crippen LogP contribution in [0.5, 0.6) is 5.88 Å². The molecule has 1 aromatic carbocycles. The summed E-state index contributed by atoms with van der Waals surface area (Å²) in [6.45, 7) is 1.73. The molecule has 2 aromatic heterocycles. The fourth-order valence-corrected chi connectivity index (χ4v) is 3.80. The van der Waals surface area contributed by atoms with Gasteiger partial charge in [-0.2, -0.15) is 0 Å². The van der Waals surface area contributed by atoms with Crippen molar-refractivity contribution in [2.75, 3.05) is 0 Å². The number of hydrogen-bond acceptors (Lipinski definition) is 6. The average Bonchev–Trinajstić information content (AvgIpc) is 3.12. The van der Waals surface area contributed by atoms with Gasteiger partial charge in [0.05, 0.1) is 11.2 Å². The zero-order chi connectivity index (χ0) is 20.2. The minimum atomic E-state index is -0.197. The predicted octanol–water partition coefficient (Wildman–Crippen LogP) is 4.21. The largest absolute Gasteiger partial charge is 0.473 e. The summed E-state index contributed by atoms with van der Waals surface area (Å²) in [4.78, 5) is 21.1. The topological polar surface area (TPSA) is 90.1 Å². The number of carbonyl (C=O) groups is 1. The van der Waals surface area contributed by atoms with E-state index >= 15 is 0 Å². The minimum absolute atomic E-state index is 0.0672. The van der Waals surface area contributed by atoms with Gasteiger partial charge in [0, 0.05) is 24.0 Å². The summed E-state index contributed by atoms with van der Waals surface area (Å²) in [5.41, 5.74) is 1.57. The van der Waals surface area contributed by atoms with E-state index in [0.717, 1.165) is 25.7 Å². The summed E-state index contributed by atoms with van der Waals surface area (Å²) >= 11 is 6.28. The standard InChI is InChI=1S/C21H21ClN4O3/c1-13-19(20(26-29-13)16-4-2-3-5-17(16)22)21(27)25-14-6-8-15(9-7-14)28-18-12-23-10-11-24-18/h2-5,10-12,14-15H,6-9H2,1H3,(H,25,27). The van der Waals surface area contributed by atoms with E-state index in [0.29, 0.717) is 33.5 Å². The van der Waals surface area contributed by atoms with Crippen LogP contribution in [-0.2, 0) is 0 Å². The van der Waals surface area contributed by atoms with Gasteiger partial charge in [-0.3, -0.25) is 9.78 Å². The highest BCUT2D eigenvalue weighted by Crippen LogP contribution is 2.31. The highest BCUT2D eigenvalue weighted by molar-refractivity contribution is 6.33. The first-order valence-corrected chi connectivity index (χ1v) is 9.94. The molecule has 0 spiro atoms. The highest BCUT2D eigenvalue weighted by atomic mass is 35.5. The number of amides is 1. The maximum atomic E-state index is 13.0. The lowest BCUT2D eigenvalue weighted by atomic mass is 9.92. The van der Waals surface area contributed by atoms with Gasteiger partial charge in [0.15, 0.2) is 0 Å². The van der Waals surface area contributed by atoms with Crippen molar-refractivity contribution in [3.63, 3.8) is 0 Å². The van der Waals surface area contributed by atoms with Crippen molar-refractivity contribution in [1.29, 1.82) is 0 Å². The molecular weight excluding hydrogens is 392 g/mol. The number of rotatable bonds is 5. The molecule has 4 rings (SSSR count). The van der Waals surface area contributed by atoms with Gasteiger partial charge in [-0.1, -0.05) is 35.0 Å². The summed E-state index contributed by atoms with van der Waals surface area (Å²) in [5.74, 6) is 0.804. The number of ether oxygens (including phenoxy) is 1. The third-order valence-electron chi connectivity index (χ3n) is 5.06. The third kappa shape index (κ3) is 4.40. The van der Waals surface area contributed by atoms with Crippen molar-refractivity contribution in [3.05, 3.63) is 59.2 Å². The maximum absolute atomic E-state index is 13.0. The Morgan fingerprint density at radius 1 is 1.21 bits per heavy atom.